The molecule has 2 aromatic carbocycles. The van der Waals surface area contributed by atoms with E-state index in [0.717, 1.165) is 26.9 Å². The number of aliphatic hydroxyl groups is 1. The largest absolute Gasteiger partial charge is 0.489 e. The van der Waals surface area contributed by atoms with Gasteiger partial charge in [0.25, 0.3) is 0 Å². The highest BCUT2D eigenvalue weighted by Gasteiger charge is 2.09. The molecule has 3 heteroatoms. The van der Waals surface area contributed by atoms with Gasteiger partial charge < -0.3 is 9.84 Å². The van der Waals surface area contributed by atoms with Crippen LogP contribution in [0.5, 0.6) is 5.75 Å². The van der Waals surface area contributed by atoms with Gasteiger partial charge in [-0.3, -0.25) is 0 Å². The maximum Gasteiger partial charge on any atom is 0.125 e. The lowest BCUT2D eigenvalue weighted by Gasteiger charge is -2.14. The van der Waals surface area contributed by atoms with Gasteiger partial charge >= 0.3 is 0 Å². The molecule has 0 bridgehead atoms. The van der Waals surface area contributed by atoms with E-state index in [9.17, 15) is 5.11 Å². The third-order valence-corrected chi connectivity index (χ3v) is 3.40. The first-order valence-corrected chi connectivity index (χ1v) is 7.01. The lowest BCUT2D eigenvalue weighted by atomic mass is 10.1. The summed E-state index contributed by atoms with van der Waals surface area (Å²) in [5.41, 5.74) is 3.03. The average molecular weight is 321 g/mol. The minimum Gasteiger partial charge on any atom is -0.489 e. The molecule has 0 aliphatic carbocycles. The second-order valence-electron chi connectivity index (χ2n) is 4.64. The van der Waals surface area contributed by atoms with Crippen LogP contribution in [-0.4, -0.2) is 5.11 Å². The normalized spacial score (nSPS) is 12.2. The van der Waals surface area contributed by atoms with E-state index in [2.05, 4.69) is 15.9 Å². The summed E-state index contributed by atoms with van der Waals surface area (Å²) in [6, 6.07) is 13.9. The fraction of sp³-hybridized carbons (Fsp3) is 0.250. The lowest BCUT2D eigenvalue weighted by molar-refractivity contribution is 0.190. The predicted molar refractivity (Wildman–Crippen MR) is 80.3 cm³/mol. The third-order valence-electron chi connectivity index (χ3n) is 2.90. The average Bonchev–Trinajstić information content (AvgIpc) is 2.36. The van der Waals surface area contributed by atoms with Gasteiger partial charge in [-0.2, -0.15) is 0 Å². The SMILES string of the molecule is Cc1ccc([C@H](C)O)c(OCc2cccc(Br)c2)c1. The molecule has 1 atom stereocenters. The van der Waals surface area contributed by atoms with Crippen molar-refractivity contribution in [2.24, 2.45) is 0 Å². The molecule has 2 aromatic rings. The molecule has 0 aromatic heterocycles. The maximum absolute atomic E-state index is 9.75. The minimum absolute atomic E-state index is 0.489. The topological polar surface area (TPSA) is 29.5 Å². The Kier molecular flexibility index (Phi) is 4.61. The Hall–Kier alpha value is -1.32. The number of rotatable bonds is 4. The Balaban J connectivity index is 2.17. The summed E-state index contributed by atoms with van der Waals surface area (Å²) < 4.78 is 6.88. The number of aryl methyl sites for hydroxylation is 1. The summed E-state index contributed by atoms with van der Waals surface area (Å²) >= 11 is 3.44. The van der Waals surface area contributed by atoms with Crippen LogP contribution in [0.4, 0.5) is 0 Å². The number of ether oxygens (including phenoxy) is 1. The molecule has 100 valence electrons. The van der Waals surface area contributed by atoms with E-state index >= 15 is 0 Å². The Labute approximate surface area is 122 Å². The molecule has 0 unspecified atom stereocenters. The first-order valence-electron chi connectivity index (χ1n) is 6.22. The van der Waals surface area contributed by atoms with E-state index in [0.29, 0.717) is 6.61 Å². The molecular formula is C16H17BrO2. The molecule has 0 amide bonds. The van der Waals surface area contributed by atoms with E-state index in [1.54, 1.807) is 6.92 Å². The van der Waals surface area contributed by atoms with Gasteiger partial charge in [0.1, 0.15) is 12.4 Å². The highest BCUT2D eigenvalue weighted by atomic mass is 79.9. The number of halogens is 1. The summed E-state index contributed by atoms with van der Waals surface area (Å²) in [5.74, 6) is 0.745. The van der Waals surface area contributed by atoms with Crippen molar-refractivity contribution >= 4 is 15.9 Å². The molecule has 2 nitrogen and oxygen atoms in total. The van der Waals surface area contributed by atoms with Crippen LogP contribution in [-0.2, 0) is 6.61 Å². The van der Waals surface area contributed by atoms with Gasteiger partial charge in [0.15, 0.2) is 0 Å². The van der Waals surface area contributed by atoms with E-state index in [4.69, 9.17) is 4.74 Å². The van der Waals surface area contributed by atoms with Crippen molar-refractivity contribution in [2.45, 2.75) is 26.6 Å². The van der Waals surface area contributed by atoms with Crippen LogP contribution in [0.3, 0.4) is 0 Å². The lowest BCUT2D eigenvalue weighted by Crippen LogP contribution is -2.01. The van der Waals surface area contributed by atoms with Gasteiger partial charge in [0, 0.05) is 10.0 Å². The first-order chi connectivity index (χ1) is 9.06. The molecule has 0 spiro atoms. The molecule has 0 aliphatic heterocycles. The van der Waals surface area contributed by atoms with Crippen molar-refractivity contribution in [1.82, 2.24) is 0 Å². The van der Waals surface area contributed by atoms with Crippen LogP contribution >= 0.6 is 15.9 Å². The Morgan fingerprint density at radius 3 is 2.68 bits per heavy atom. The smallest absolute Gasteiger partial charge is 0.125 e. The van der Waals surface area contributed by atoms with Crippen LogP contribution in [0.2, 0.25) is 0 Å². The molecule has 19 heavy (non-hydrogen) atoms. The van der Waals surface area contributed by atoms with Crippen LogP contribution in [0.25, 0.3) is 0 Å². The Bertz CT molecular complexity index is 564. The predicted octanol–water partition coefficient (Wildman–Crippen LogP) is 4.39. The molecule has 2 rings (SSSR count). The number of hydrogen-bond acceptors (Lipinski definition) is 2. The van der Waals surface area contributed by atoms with Crippen LogP contribution in [0, 0.1) is 6.92 Å². The first kappa shape index (κ1) is 14.1. The van der Waals surface area contributed by atoms with Crippen molar-refractivity contribution < 1.29 is 9.84 Å². The quantitative estimate of drug-likeness (QED) is 0.905. The molecule has 0 radical (unpaired) electrons. The Morgan fingerprint density at radius 1 is 1.21 bits per heavy atom. The van der Waals surface area contributed by atoms with E-state index in [1.807, 2.05) is 49.4 Å². The molecular weight excluding hydrogens is 304 g/mol. The fourth-order valence-corrected chi connectivity index (χ4v) is 2.35. The second kappa shape index (κ2) is 6.22. The summed E-state index contributed by atoms with van der Waals surface area (Å²) in [6.45, 7) is 4.25. The summed E-state index contributed by atoms with van der Waals surface area (Å²) in [5, 5.41) is 9.75. The van der Waals surface area contributed by atoms with Crippen molar-refractivity contribution in [2.75, 3.05) is 0 Å². The van der Waals surface area contributed by atoms with Crippen molar-refractivity contribution in [3.8, 4) is 5.75 Å². The van der Waals surface area contributed by atoms with E-state index in [-0.39, 0.29) is 0 Å². The van der Waals surface area contributed by atoms with Gasteiger partial charge in [-0.1, -0.05) is 40.2 Å². The molecule has 0 fully saturated rings. The highest BCUT2D eigenvalue weighted by molar-refractivity contribution is 9.10. The van der Waals surface area contributed by atoms with Crippen LogP contribution in [0.15, 0.2) is 46.9 Å². The zero-order valence-electron chi connectivity index (χ0n) is 11.1. The summed E-state index contributed by atoms with van der Waals surface area (Å²) in [6.07, 6.45) is -0.530. The van der Waals surface area contributed by atoms with E-state index in [1.165, 1.54) is 0 Å². The third kappa shape index (κ3) is 3.82. The van der Waals surface area contributed by atoms with Crippen LogP contribution in [0.1, 0.15) is 29.7 Å². The van der Waals surface area contributed by atoms with Crippen molar-refractivity contribution in [1.29, 1.82) is 0 Å². The number of hydrogen-bond donors (Lipinski definition) is 1. The van der Waals surface area contributed by atoms with Gasteiger partial charge in [0.2, 0.25) is 0 Å². The summed E-state index contributed by atoms with van der Waals surface area (Å²) in [7, 11) is 0. The minimum atomic E-state index is -0.530. The molecule has 0 aliphatic rings. The monoisotopic (exact) mass is 320 g/mol. The van der Waals surface area contributed by atoms with Crippen LogP contribution < -0.4 is 4.74 Å². The van der Waals surface area contributed by atoms with Gasteiger partial charge in [-0.25, -0.2) is 0 Å². The second-order valence-corrected chi connectivity index (χ2v) is 5.55. The van der Waals surface area contributed by atoms with Gasteiger partial charge in [-0.05, 0) is 43.2 Å². The Morgan fingerprint density at radius 2 is 2.00 bits per heavy atom. The zero-order valence-corrected chi connectivity index (χ0v) is 12.6. The number of benzene rings is 2. The molecule has 0 saturated carbocycles. The highest BCUT2D eigenvalue weighted by Crippen LogP contribution is 2.27. The molecule has 1 N–H and O–H groups in total. The zero-order chi connectivity index (χ0) is 13.8. The maximum atomic E-state index is 9.75. The van der Waals surface area contributed by atoms with Crippen molar-refractivity contribution in [3.05, 3.63) is 63.6 Å². The fourth-order valence-electron chi connectivity index (χ4n) is 1.90. The summed E-state index contributed by atoms with van der Waals surface area (Å²) in [4.78, 5) is 0. The molecule has 0 saturated heterocycles. The number of aliphatic hydroxyl groups excluding tert-OH is 1. The van der Waals surface area contributed by atoms with Gasteiger partial charge in [0.05, 0.1) is 6.10 Å². The van der Waals surface area contributed by atoms with Gasteiger partial charge in [-0.15, -0.1) is 0 Å². The molecule has 0 heterocycles. The standard InChI is InChI=1S/C16H17BrO2/c1-11-6-7-15(12(2)18)16(8-11)19-10-13-4-3-5-14(17)9-13/h3-9,12,18H,10H2,1-2H3/t12-/m0/s1. The van der Waals surface area contributed by atoms with Crippen molar-refractivity contribution in [3.63, 3.8) is 0 Å². The van der Waals surface area contributed by atoms with E-state index < -0.39 is 6.10 Å².